The number of hydrogen-bond acceptors (Lipinski definition) is 5. The van der Waals surface area contributed by atoms with Crippen LogP contribution in [0.3, 0.4) is 0 Å². The molecular weight excluding hydrogens is 416 g/mol. The molecule has 2 aromatic carbocycles. The molecule has 1 amide bonds. The fraction of sp³-hybridized carbons (Fsp3) is 0.222. The summed E-state index contributed by atoms with van der Waals surface area (Å²) in [6.07, 6.45) is 4.65. The summed E-state index contributed by atoms with van der Waals surface area (Å²) in [5.74, 6) is -0.660. The van der Waals surface area contributed by atoms with E-state index in [1.807, 2.05) is 43.3 Å². The van der Waals surface area contributed by atoms with Crippen molar-refractivity contribution in [1.82, 2.24) is 9.88 Å². The highest BCUT2D eigenvalue weighted by Gasteiger charge is 2.45. The Labute approximate surface area is 192 Å². The molecule has 2 aliphatic heterocycles. The smallest absolute Gasteiger partial charge is 0.295 e. The molecule has 0 aliphatic carbocycles. The Hall–Kier alpha value is -3.93. The summed E-state index contributed by atoms with van der Waals surface area (Å²) < 4.78 is 5.75. The minimum absolute atomic E-state index is 0.0674. The fourth-order valence-corrected chi connectivity index (χ4v) is 4.62. The number of hydrogen-bond donors (Lipinski definition) is 1. The Kier molecular flexibility index (Phi) is 5.42. The topological polar surface area (TPSA) is 79.7 Å². The van der Waals surface area contributed by atoms with E-state index in [2.05, 4.69) is 4.98 Å². The number of ketones is 1. The van der Waals surface area contributed by atoms with Gasteiger partial charge in [-0.3, -0.25) is 14.6 Å². The SMILES string of the molecule is C[C@@H]1Cc2cc(C(O)=C3C(=O)C(=O)N(CCc4ccccc4)[C@@H]3c3ccncc3)ccc2O1. The van der Waals surface area contributed by atoms with E-state index in [1.165, 1.54) is 0 Å². The molecule has 1 fully saturated rings. The lowest BCUT2D eigenvalue weighted by atomic mass is 9.95. The zero-order valence-corrected chi connectivity index (χ0v) is 18.3. The average molecular weight is 440 g/mol. The van der Waals surface area contributed by atoms with Gasteiger partial charge in [-0.15, -0.1) is 0 Å². The van der Waals surface area contributed by atoms with E-state index < -0.39 is 17.7 Å². The summed E-state index contributed by atoms with van der Waals surface area (Å²) in [4.78, 5) is 31.9. The number of Topliss-reactive ketones (excluding diaryl/α,β-unsaturated/α-hetero) is 1. The molecule has 2 aliphatic rings. The van der Waals surface area contributed by atoms with Gasteiger partial charge in [0.05, 0.1) is 11.6 Å². The van der Waals surface area contributed by atoms with Crippen LogP contribution in [0.5, 0.6) is 5.75 Å². The second-order valence-corrected chi connectivity index (χ2v) is 8.46. The van der Waals surface area contributed by atoms with Crippen molar-refractivity contribution in [2.24, 2.45) is 0 Å². The molecule has 0 bridgehead atoms. The minimum Gasteiger partial charge on any atom is -0.507 e. The number of amides is 1. The molecule has 3 heterocycles. The van der Waals surface area contributed by atoms with E-state index in [0.717, 1.165) is 28.9 Å². The van der Waals surface area contributed by atoms with Gasteiger partial charge in [-0.2, -0.15) is 0 Å². The first kappa shape index (κ1) is 20.9. The molecule has 1 saturated heterocycles. The highest BCUT2D eigenvalue weighted by molar-refractivity contribution is 6.46. The number of carbonyl (C=O) groups is 2. The van der Waals surface area contributed by atoms with Gasteiger partial charge in [0.25, 0.3) is 11.7 Å². The van der Waals surface area contributed by atoms with Crippen LogP contribution in [-0.4, -0.2) is 39.3 Å². The quantitative estimate of drug-likeness (QED) is 0.368. The number of pyridine rings is 1. The number of aliphatic hydroxyl groups is 1. The van der Waals surface area contributed by atoms with Gasteiger partial charge in [0.15, 0.2) is 0 Å². The Balaban J connectivity index is 1.56. The monoisotopic (exact) mass is 440 g/mol. The van der Waals surface area contributed by atoms with Crippen molar-refractivity contribution >= 4 is 17.4 Å². The van der Waals surface area contributed by atoms with E-state index in [4.69, 9.17) is 4.74 Å². The predicted octanol–water partition coefficient (Wildman–Crippen LogP) is 4.07. The first-order valence-corrected chi connectivity index (χ1v) is 11.0. The Morgan fingerprint density at radius 3 is 2.61 bits per heavy atom. The molecule has 6 heteroatoms. The van der Waals surface area contributed by atoms with Gasteiger partial charge in [-0.25, -0.2) is 0 Å². The maximum Gasteiger partial charge on any atom is 0.295 e. The van der Waals surface area contributed by atoms with Crippen LogP contribution in [0.2, 0.25) is 0 Å². The highest BCUT2D eigenvalue weighted by atomic mass is 16.5. The summed E-state index contributed by atoms with van der Waals surface area (Å²) in [7, 11) is 0. The molecule has 0 spiro atoms. The Bertz CT molecular complexity index is 1240. The van der Waals surface area contributed by atoms with E-state index in [0.29, 0.717) is 18.5 Å². The summed E-state index contributed by atoms with van der Waals surface area (Å²) >= 11 is 0. The molecule has 0 saturated carbocycles. The van der Waals surface area contributed by atoms with Crippen molar-refractivity contribution < 1.29 is 19.4 Å². The second kappa shape index (κ2) is 8.54. The molecule has 1 aromatic heterocycles. The fourth-order valence-electron chi connectivity index (χ4n) is 4.62. The van der Waals surface area contributed by atoms with Crippen LogP contribution in [0.25, 0.3) is 5.76 Å². The average Bonchev–Trinajstić information content (AvgIpc) is 3.34. The van der Waals surface area contributed by atoms with E-state index in [9.17, 15) is 14.7 Å². The van der Waals surface area contributed by atoms with Crippen molar-refractivity contribution in [2.75, 3.05) is 6.54 Å². The Morgan fingerprint density at radius 1 is 1.09 bits per heavy atom. The number of nitrogens with zero attached hydrogens (tertiary/aromatic N) is 2. The van der Waals surface area contributed by atoms with Crippen LogP contribution in [0.15, 0.2) is 78.6 Å². The molecule has 6 nitrogen and oxygen atoms in total. The highest BCUT2D eigenvalue weighted by Crippen LogP contribution is 2.40. The molecule has 166 valence electrons. The number of ether oxygens (including phenoxy) is 1. The molecule has 2 atom stereocenters. The predicted molar refractivity (Wildman–Crippen MR) is 124 cm³/mol. The molecular formula is C27H24N2O4. The third-order valence-electron chi connectivity index (χ3n) is 6.22. The van der Waals surface area contributed by atoms with Crippen LogP contribution >= 0.6 is 0 Å². The molecule has 33 heavy (non-hydrogen) atoms. The molecule has 5 rings (SSSR count). The lowest BCUT2D eigenvalue weighted by molar-refractivity contribution is -0.139. The van der Waals surface area contributed by atoms with Gasteiger partial charge in [0.1, 0.15) is 17.6 Å². The third kappa shape index (κ3) is 3.89. The first-order chi connectivity index (χ1) is 16.0. The van der Waals surface area contributed by atoms with Gasteiger partial charge >= 0.3 is 0 Å². The summed E-state index contributed by atoms with van der Waals surface area (Å²) in [5.41, 5.74) is 3.39. The van der Waals surface area contributed by atoms with Gasteiger partial charge in [0.2, 0.25) is 0 Å². The van der Waals surface area contributed by atoms with Crippen molar-refractivity contribution in [3.63, 3.8) is 0 Å². The molecule has 0 unspecified atom stereocenters. The lowest BCUT2D eigenvalue weighted by Crippen LogP contribution is -2.31. The second-order valence-electron chi connectivity index (χ2n) is 8.46. The lowest BCUT2D eigenvalue weighted by Gasteiger charge is -2.25. The van der Waals surface area contributed by atoms with Crippen LogP contribution in [0.1, 0.15) is 35.2 Å². The maximum atomic E-state index is 13.2. The Morgan fingerprint density at radius 2 is 1.85 bits per heavy atom. The van der Waals surface area contributed by atoms with Gasteiger partial charge in [0, 0.05) is 30.9 Å². The zero-order valence-electron chi connectivity index (χ0n) is 18.3. The number of likely N-dealkylation sites (tertiary alicyclic amines) is 1. The maximum absolute atomic E-state index is 13.2. The standard InChI is InChI=1S/C27H24N2O4/c1-17-15-21-16-20(7-8-22(21)33-17)25(30)23-24(19-9-12-28-13-10-19)29(27(32)26(23)31)14-11-18-5-3-2-4-6-18/h2-10,12-13,16-17,24,30H,11,14-15H2,1H3/t17-,24-/m1/s1. The number of fused-ring (bicyclic) bond motifs is 1. The summed E-state index contributed by atoms with van der Waals surface area (Å²) in [6, 6.07) is 18.1. The first-order valence-electron chi connectivity index (χ1n) is 11.0. The summed E-state index contributed by atoms with van der Waals surface area (Å²) in [6.45, 7) is 2.34. The van der Waals surface area contributed by atoms with E-state index in [1.54, 1.807) is 41.6 Å². The van der Waals surface area contributed by atoms with Crippen LogP contribution in [0.4, 0.5) is 0 Å². The minimum atomic E-state index is -0.680. The number of carbonyl (C=O) groups excluding carboxylic acids is 2. The van der Waals surface area contributed by atoms with Crippen molar-refractivity contribution in [3.8, 4) is 5.75 Å². The summed E-state index contributed by atoms with van der Waals surface area (Å²) in [5, 5.41) is 11.3. The largest absolute Gasteiger partial charge is 0.507 e. The van der Waals surface area contributed by atoms with E-state index >= 15 is 0 Å². The van der Waals surface area contributed by atoms with Gasteiger partial charge in [-0.1, -0.05) is 30.3 Å². The van der Waals surface area contributed by atoms with Gasteiger partial charge < -0.3 is 14.7 Å². The number of aromatic nitrogens is 1. The number of benzene rings is 2. The van der Waals surface area contributed by atoms with Crippen LogP contribution in [0, 0.1) is 0 Å². The number of rotatable bonds is 5. The van der Waals surface area contributed by atoms with Crippen LogP contribution in [-0.2, 0) is 22.4 Å². The van der Waals surface area contributed by atoms with Crippen molar-refractivity contribution in [1.29, 1.82) is 0 Å². The van der Waals surface area contributed by atoms with E-state index in [-0.39, 0.29) is 17.4 Å². The normalized spacial score (nSPS) is 21.2. The van der Waals surface area contributed by atoms with Crippen LogP contribution < -0.4 is 4.74 Å². The van der Waals surface area contributed by atoms with Crippen molar-refractivity contribution in [2.45, 2.75) is 31.9 Å². The molecule has 0 radical (unpaired) electrons. The molecule has 1 N–H and O–H groups in total. The molecule has 3 aromatic rings. The zero-order chi connectivity index (χ0) is 22.9. The number of aliphatic hydroxyl groups excluding tert-OH is 1. The third-order valence-corrected chi connectivity index (χ3v) is 6.22. The van der Waals surface area contributed by atoms with Gasteiger partial charge in [-0.05, 0) is 60.4 Å². The van der Waals surface area contributed by atoms with Crippen molar-refractivity contribution in [3.05, 3.63) is 101 Å².